The maximum atomic E-state index is 12.9. The van der Waals surface area contributed by atoms with Gasteiger partial charge in [-0.3, -0.25) is 19.2 Å². The molecule has 0 aromatic heterocycles. The number of esters is 4. The highest BCUT2D eigenvalue weighted by molar-refractivity contribution is 5.84. The van der Waals surface area contributed by atoms with Crippen LogP contribution in [0.3, 0.4) is 0 Å². The van der Waals surface area contributed by atoms with Crippen molar-refractivity contribution in [3.63, 3.8) is 0 Å². The first-order chi connectivity index (χ1) is 23.7. The zero-order chi connectivity index (χ0) is 39.7. The molecule has 0 radical (unpaired) electrons. The second kappa shape index (κ2) is 17.7. The summed E-state index contributed by atoms with van der Waals surface area (Å²) >= 11 is 0. The van der Waals surface area contributed by atoms with Gasteiger partial charge in [0, 0.05) is 6.07 Å². The summed E-state index contributed by atoms with van der Waals surface area (Å²) in [5, 5.41) is 10.4. The summed E-state index contributed by atoms with van der Waals surface area (Å²) in [5.41, 5.74) is -1.41. The number of carbonyl (C=O) groups excluding carboxylic acids is 4. The van der Waals surface area contributed by atoms with Gasteiger partial charge in [-0.1, -0.05) is 6.07 Å². The molecule has 0 fully saturated rings. The fourth-order valence-electron chi connectivity index (χ4n) is 4.75. The standard InChI is InChI=1S/C39H58N2O11/c1-26-14-16-28(40(22-32(43)49-36(2,3)4)23-33(44)50-37(5,6)7)31(20-26)48-19-18-47-30-17-15-27(42)21-29(30)41(24-34(45)51-38(8,9)10)25-35(46)52-39(11,12)13/h14-17,20-21,42H,18-19,22-25H2,1-13H3. The summed E-state index contributed by atoms with van der Waals surface area (Å²) in [7, 11) is 0. The zero-order valence-electron chi connectivity index (χ0n) is 33.1. The predicted molar refractivity (Wildman–Crippen MR) is 198 cm³/mol. The zero-order valence-corrected chi connectivity index (χ0v) is 33.1. The fourth-order valence-corrected chi connectivity index (χ4v) is 4.75. The van der Waals surface area contributed by atoms with Gasteiger partial charge in [0.2, 0.25) is 0 Å². The molecule has 0 spiro atoms. The Bertz CT molecular complexity index is 1480. The summed E-state index contributed by atoms with van der Waals surface area (Å²) in [6.45, 7) is 21.7. The third-order valence-corrected chi connectivity index (χ3v) is 6.30. The number of anilines is 2. The van der Waals surface area contributed by atoms with Crippen molar-refractivity contribution < 1.29 is 52.7 Å². The SMILES string of the molecule is Cc1ccc(N(CC(=O)OC(C)(C)C)CC(=O)OC(C)(C)C)c(OCCOc2ccc(O)cc2N(CC(=O)OC(C)(C)C)CC(=O)OC(C)(C)C)c1. The van der Waals surface area contributed by atoms with E-state index in [1.807, 2.05) is 13.0 Å². The van der Waals surface area contributed by atoms with Gasteiger partial charge in [0.15, 0.2) is 0 Å². The normalized spacial score (nSPS) is 12.0. The molecule has 13 heteroatoms. The van der Waals surface area contributed by atoms with Crippen molar-refractivity contribution in [1.82, 2.24) is 0 Å². The number of aryl methyl sites for hydroxylation is 1. The average molecular weight is 731 g/mol. The van der Waals surface area contributed by atoms with Gasteiger partial charge >= 0.3 is 23.9 Å². The Balaban J connectivity index is 2.35. The Morgan fingerprint density at radius 2 is 0.885 bits per heavy atom. The van der Waals surface area contributed by atoms with Crippen LogP contribution in [0.1, 0.15) is 88.6 Å². The number of ether oxygens (including phenoxy) is 6. The van der Waals surface area contributed by atoms with Crippen molar-refractivity contribution in [2.45, 2.75) is 112 Å². The molecule has 0 bridgehead atoms. The Morgan fingerprint density at radius 1 is 0.519 bits per heavy atom. The molecule has 0 unspecified atom stereocenters. The van der Waals surface area contributed by atoms with Crippen LogP contribution >= 0.6 is 0 Å². The third-order valence-electron chi connectivity index (χ3n) is 6.30. The monoisotopic (exact) mass is 730 g/mol. The highest BCUT2D eigenvalue weighted by Crippen LogP contribution is 2.34. The van der Waals surface area contributed by atoms with Crippen LogP contribution in [0, 0.1) is 6.92 Å². The molecule has 0 amide bonds. The summed E-state index contributed by atoms with van der Waals surface area (Å²) in [4.78, 5) is 54.6. The summed E-state index contributed by atoms with van der Waals surface area (Å²) in [6.07, 6.45) is 0. The van der Waals surface area contributed by atoms with Gasteiger partial charge in [0.05, 0.1) is 11.4 Å². The smallest absolute Gasteiger partial charge is 0.326 e. The van der Waals surface area contributed by atoms with E-state index in [4.69, 9.17) is 28.4 Å². The van der Waals surface area contributed by atoms with Crippen molar-refractivity contribution in [1.29, 1.82) is 0 Å². The molecule has 52 heavy (non-hydrogen) atoms. The van der Waals surface area contributed by atoms with Crippen LogP contribution in [0.4, 0.5) is 11.4 Å². The van der Waals surface area contributed by atoms with Crippen molar-refractivity contribution in [2.75, 3.05) is 49.2 Å². The summed E-state index contributed by atoms with van der Waals surface area (Å²) in [6, 6.07) is 9.69. The molecule has 0 aliphatic carbocycles. The van der Waals surface area contributed by atoms with Crippen molar-refractivity contribution in [3.8, 4) is 17.2 Å². The quantitative estimate of drug-likeness (QED) is 0.127. The molecule has 290 valence electrons. The molecule has 0 heterocycles. The third kappa shape index (κ3) is 17.0. The number of nitrogens with zero attached hydrogens (tertiary/aromatic N) is 2. The lowest BCUT2D eigenvalue weighted by atomic mass is 10.1. The summed E-state index contributed by atoms with van der Waals surface area (Å²) in [5.74, 6) is -1.73. The van der Waals surface area contributed by atoms with Gasteiger partial charge in [-0.25, -0.2) is 0 Å². The Kier molecular flexibility index (Phi) is 14.8. The van der Waals surface area contributed by atoms with Crippen molar-refractivity contribution in [2.24, 2.45) is 0 Å². The van der Waals surface area contributed by atoms with Crippen LogP contribution in [0.15, 0.2) is 36.4 Å². The molecule has 0 aliphatic heterocycles. The van der Waals surface area contributed by atoms with E-state index in [0.29, 0.717) is 11.4 Å². The van der Waals surface area contributed by atoms with E-state index in [-0.39, 0.29) is 56.6 Å². The number of hydrogen-bond acceptors (Lipinski definition) is 13. The van der Waals surface area contributed by atoms with Gasteiger partial charge in [-0.2, -0.15) is 0 Å². The number of aromatic hydroxyl groups is 1. The first-order valence-electron chi connectivity index (χ1n) is 17.3. The molecule has 0 saturated carbocycles. The number of rotatable bonds is 15. The van der Waals surface area contributed by atoms with E-state index in [1.54, 1.807) is 100 Å². The molecule has 0 atom stereocenters. The van der Waals surface area contributed by atoms with E-state index < -0.39 is 46.3 Å². The topological polar surface area (TPSA) is 150 Å². The molecule has 2 aromatic rings. The van der Waals surface area contributed by atoms with Gasteiger partial charge in [0.1, 0.15) is 79.0 Å². The maximum absolute atomic E-state index is 12.9. The van der Waals surface area contributed by atoms with E-state index >= 15 is 0 Å². The van der Waals surface area contributed by atoms with Gasteiger partial charge in [0.25, 0.3) is 0 Å². The molecular weight excluding hydrogens is 672 g/mol. The van der Waals surface area contributed by atoms with E-state index in [9.17, 15) is 24.3 Å². The number of phenolic OH excluding ortho intramolecular Hbond substituents is 1. The second-order valence-electron chi connectivity index (χ2n) is 16.4. The van der Waals surface area contributed by atoms with E-state index in [2.05, 4.69) is 0 Å². The minimum atomic E-state index is -0.770. The lowest BCUT2D eigenvalue weighted by Crippen LogP contribution is -2.40. The Labute approximate surface area is 308 Å². The molecule has 1 N–H and O–H groups in total. The highest BCUT2D eigenvalue weighted by Gasteiger charge is 2.28. The number of hydrogen-bond donors (Lipinski definition) is 1. The lowest BCUT2D eigenvalue weighted by Gasteiger charge is -2.29. The predicted octanol–water partition coefficient (Wildman–Crippen LogP) is 6.14. The van der Waals surface area contributed by atoms with E-state index in [1.165, 1.54) is 23.1 Å². The van der Waals surface area contributed by atoms with Crippen LogP contribution in [0.25, 0.3) is 0 Å². The average Bonchev–Trinajstić information content (AvgIpc) is 2.91. The van der Waals surface area contributed by atoms with Gasteiger partial charge in [-0.05, 0) is 120 Å². The van der Waals surface area contributed by atoms with Crippen molar-refractivity contribution >= 4 is 35.3 Å². The molecule has 13 nitrogen and oxygen atoms in total. The summed E-state index contributed by atoms with van der Waals surface area (Å²) < 4.78 is 34.4. The van der Waals surface area contributed by atoms with Crippen LogP contribution in [0.2, 0.25) is 0 Å². The second-order valence-corrected chi connectivity index (χ2v) is 16.4. The van der Waals surface area contributed by atoms with Crippen molar-refractivity contribution in [3.05, 3.63) is 42.0 Å². The minimum absolute atomic E-state index is 0.00396. The number of phenols is 1. The molecule has 2 rings (SSSR count). The Morgan fingerprint density at radius 3 is 1.27 bits per heavy atom. The highest BCUT2D eigenvalue weighted by atomic mass is 16.6. The van der Waals surface area contributed by atoms with Gasteiger partial charge in [-0.15, -0.1) is 0 Å². The first kappa shape index (κ1) is 43.5. The molecular formula is C39H58N2O11. The van der Waals surface area contributed by atoms with Crippen LogP contribution in [0.5, 0.6) is 17.2 Å². The first-order valence-corrected chi connectivity index (χ1v) is 17.3. The maximum Gasteiger partial charge on any atom is 0.326 e. The molecule has 0 saturated heterocycles. The van der Waals surface area contributed by atoms with Crippen LogP contribution in [-0.2, 0) is 38.1 Å². The van der Waals surface area contributed by atoms with Crippen LogP contribution < -0.4 is 19.3 Å². The van der Waals surface area contributed by atoms with E-state index in [0.717, 1.165) is 5.56 Å². The molecule has 0 aliphatic rings. The fraction of sp³-hybridized carbons (Fsp3) is 0.590. The number of benzene rings is 2. The number of carbonyl (C=O) groups is 4. The lowest BCUT2D eigenvalue weighted by molar-refractivity contribution is -0.156. The minimum Gasteiger partial charge on any atom is -0.508 e. The Hall–Kier alpha value is -4.68. The molecule has 2 aromatic carbocycles. The van der Waals surface area contributed by atoms with Crippen LogP contribution in [-0.4, -0.2) is 90.8 Å². The van der Waals surface area contributed by atoms with Gasteiger partial charge < -0.3 is 43.3 Å². The largest absolute Gasteiger partial charge is 0.508 e.